The van der Waals surface area contributed by atoms with Gasteiger partial charge in [-0.05, 0) is 24.3 Å². The molecule has 1 aliphatic heterocycles. The SMILES string of the molecule is O=C(O)C1c2c(Cl)cccc2S(=O)(=O)N1c1ccccc1. The molecule has 1 heterocycles. The Morgan fingerprint density at radius 1 is 1.10 bits per heavy atom. The van der Waals surface area contributed by atoms with Crippen molar-refractivity contribution in [1.82, 2.24) is 0 Å². The molecule has 1 unspecified atom stereocenters. The van der Waals surface area contributed by atoms with E-state index < -0.39 is 22.0 Å². The second kappa shape index (κ2) is 4.75. The highest BCUT2D eigenvalue weighted by molar-refractivity contribution is 7.93. The Bertz CT molecular complexity index is 820. The molecular weight excluding hydrogens is 314 g/mol. The van der Waals surface area contributed by atoms with Gasteiger partial charge in [0.2, 0.25) is 0 Å². The summed E-state index contributed by atoms with van der Waals surface area (Å²) in [4.78, 5) is 11.6. The van der Waals surface area contributed by atoms with Gasteiger partial charge >= 0.3 is 5.97 Å². The van der Waals surface area contributed by atoms with Crippen molar-refractivity contribution in [2.24, 2.45) is 0 Å². The van der Waals surface area contributed by atoms with Gasteiger partial charge in [0.1, 0.15) is 0 Å². The zero-order chi connectivity index (χ0) is 15.2. The molecule has 0 saturated heterocycles. The molecule has 1 N–H and O–H groups in total. The summed E-state index contributed by atoms with van der Waals surface area (Å²) < 4.78 is 26.2. The lowest BCUT2D eigenvalue weighted by molar-refractivity contribution is -0.138. The number of para-hydroxylation sites is 1. The summed E-state index contributed by atoms with van der Waals surface area (Å²) in [6.07, 6.45) is 0. The van der Waals surface area contributed by atoms with E-state index in [-0.39, 0.29) is 21.2 Å². The predicted molar refractivity (Wildman–Crippen MR) is 77.9 cm³/mol. The van der Waals surface area contributed by atoms with Gasteiger partial charge in [-0.2, -0.15) is 0 Å². The highest BCUT2D eigenvalue weighted by atomic mass is 35.5. The lowest BCUT2D eigenvalue weighted by Crippen LogP contribution is -2.32. The number of carbonyl (C=O) groups is 1. The largest absolute Gasteiger partial charge is 0.479 e. The van der Waals surface area contributed by atoms with E-state index >= 15 is 0 Å². The van der Waals surface area contributed by atoms with Crippen LogP contribution in [0.4, 0.5) is 5.69 Å². The lowest BCUT2D eigenvalue weighted by atomic mass is 10.1. The molecule has 0 radical (unpaired) electrons. The minimum Gasteiger partial charge on any atom is -0.479 e. The Balaban J connectivity index is 2.32. The van der Waals surface area contributed by atoms with Crippen molar-refractivity contribution in [3.05, 3.63) is 59.1 Å². The third-order valence-corrected chi connectivity index (χ3v) is 5.48. The van der Waals surface area contributed by atoms with E-state index in [9.17, 15) is 18.3 Å². The fourth-order valence-corrected chi connectivity index (χ4v) is 4.62. The number of hydrogen-bond acceptors (Lipinski definition) is 3. The molecule has 108 valence electrons. The molecule has 1 atom stereocenters. The Labute approximate surface area is 126 Å². The van der Waals surface area contributed by atoms with E-state index in [2.05, 4.69) is 0 Å². The van der Waals surface area contributed by atoms with Gasteiger partial charge in [0.15, 0.2) is 6.04 Å². The minimum atomic E-state index is -3.95. The van der Waals surface area contributed by atoms with E-state index in [1.165, 1.54) is 18.2 Å². The first-order valence-corrected chi connectivity index (χ1v) is 7.87. The van der Waals surface area contributed by atoms with Crippen LogP contribution in [0.5, 0.6) is 0 Å². The molecule has 2 aromatic carbocycles. The molecule has 1 aliphatic rings. The minimum absolute atomic E-state index is 0.0637. The second-order valence-corrected chi connectivity index (χ2v) is 6.72. The monoisotopic (exact) mass is 323 g/mol. The van der Waals surface area contributed by atoms with Crippen molar-refractivity contribution in [3.8, 4) is 0 Å². The number of carboxylic acid groups (broad SMARTS) is 1. The quantitative estimate of drug-likeness (QED) is 0.922. The van der Waals surface area contributed by atoms with Crippen LogP contribution in [0, 0.1) is 0 Å². The van der Waals surface area contributed by atoms with Gasteiger partial charge in [0.05, 0.1) is 10.6 Å². The Kier molecular flexibility index (Phi) is 3.15. The molecule has 0 amide bonds. The van der Waals surface area contributed by atoms with Crippen LogP contribution in [0.25, 0.3) is 0 Å². The number of nitrogens with zero attached hydrogens (tertiary/aromatic N) is 1. The third kappa shape index (κ3) is 1.99. The summed E-state index contributed by atoms with van der Waals surface area (Å²) in [5.74, 6) is -1.27. The van der Waals surface area contributed by atoms with E-state index in [0.29, 0.717) is 0 Å². The third-order valence-electron chi connectivity index (χ3n) is 3.30. The molecule has 21 heavy (non-hydrogen) atoms. The van der Waals surface area contributed by atoms with Crippen LogP contribution in [-0.2, 0) is 14.8 Å². The van der Waals surface area contributed by atoms with Crippen molar-refractivity contribution in [2.75, 3.05) is 4.31 Å². The van der Waals surface area contributed by atoms with E-state index in [4.69, 9.17) is 11.6 Å². The summed E-state index contributed by atoms with van der Waals surface area (Å²) in [5.41, 5.74) is 0.396. The average molecular weight is 324 g/mol. The number of halogens is 1. The first-order chi connectivity index (χ1) is 9.94. The van der Waals surface area contributed by atoms with Crippen molar-refractivity contribution < 1.29 is 18.3 Å². The Hall–Kier alpha value is -2.05. The van der Waals surface area contributed by atoms with Crippen molar-refractivity contribution in [1.29, 1.82) is 0 Å². The van der Waals surface area contributed by atoms with E-state index in [1.54, 1.807) is 30.3 Å². The van der Waals surface area contributed by atoms with Gasteiger partial charge in [-0.25, -0.2) is 17.5 Å². The van der Waals surface area contributed by atoms with Gasteiger partial charge < -0.3 is 5.11 Å². The molecule has 0 fully saturated rings. The molecule has 0 spiro atoms. The molecule has 0 saturated carbocycles. The first kappa shape index (κ1) is 13.9. The summed E-state index contributed by atoms with van der Waals surface area (Å²) in [5, 5.41) is 9.61. The van der Waals surface area contributed by atoms with Crippen LogP contribution in [-0.4, -0.2) is 19.5 Å². The number of benzene rings is 2. The summed E-state index contributed by atoms with van der Waals surface area (Å²) in [6.45, 7) is 0. The van der Waals surface area contributed by atoms with Gasteiger partial charge in [-0.15, -0.1) is 0 Å². The number of aliphatic carboxylic acids is 1. The molecule has 3 rings (SSSR count). The summed E-state index contributed by atoms with van der Waals surface area (Å²) in [6, 6.07) is 11.1. The summed E-state index contributed by atoms with van der Waals surface area (Å²) in [7, 11) is -3.95. The van der Waals surface area contributed by atoms with Crippen molar-refractivity contribution >= 4 is 33.3 Å². The van der Waals surface area contributed by atoms with Crippen LogP contribution in [0.2, 0.25) is 5.02 Å². The van der Waals surface area contributed by atoms with Crippen LogP contribution < -0.4 is 4.31 Å². The van der Waals surface area contributed by atoms with Crippen molar-refractivity contribution in [3.63, 3.8) is 0 Å². The first-order valence-electron chi connectivity index (χ1n) is 6.05. The van der Waals surface area contributed by atoms with Gasteiger partial charge in [-0.1, -0.05) is 35.9 Å². The number of carboxylic acids is 1. The van der Waals surface area contributed by atoms with E-state index in [0.717, 1.165) is 4.31 Å². The standard InChI is InChI=1S/C14H10ClNO4S/c15-10-7-4-8-11-12(10)13(14(17)18)16(21(11,19)20)9-5-2-1-3-6-9/h1-8,13H,(H,17,18). The van der Waals surface area contributed by atoms with Crippen molar-refractivity contribution in [2.45, 2.75) is 10.9 Å². The number of anilines is 1. The zero-order valence-electron chi connectivity index (χ0n) is 10.6. The van der Waals surface area contributed by atoms with Gasteiger partial charge in [0.25, 0.3) is 10.0 Å². The van der Waals surface area contributed by atoms with Crippen LogP contribution >= 0.6 is 11.6 Å². The fraction of sp³-hybridized carbons (Fsp3) is 0.0714. The second-order valence-electron chi connectivity index (χ2n) is 4.53. The average Bonchev–Trinajstić information content (AvgIpc) is 2.69. The number of rotatable bonds is 2. The number of sulfonamides is 1. The van der Waals surface area contributed by atoms with Gasteiger partial charge in [0, 0.05) is 10.6 Å². The fourth-order valence-electron chi connectivity index (χ4n) is 2.46. The number of fused-ring (bicyclic) bond motifs is 1. The van der Waals surface area contributed by atoms with Crippen LogP contribution in [0.15, 0.2) is 53.4 Å². The number of hydrogen-bond donors (Lipinski definition) is 1. The Morgan fingerprint density at radius 3 is 2.38 bits per heavy atom. The normalized spacial score (nSPS) is 19.3. The Morgan fingerprint density at radius 2 is 1.76 bits per heavy atom. The molecular formula is C14H10ClNO4S. The maximum Gasteiger partial charge on any atom is 0.332 e. The highest BCUT2D eigenvalue weighted by Crippen LogP contribution is 2.45. The van der Waals surface area contributed by atoms with E-state index in [1.807, 2.05) is 0 Å². The molecule has 2 aromatic rings. The molecule has 0 aliphatic carbocycles. The van der Waals surface area contributed by atoms with Crippen LogP contribution in [0.3, 0.4) is 0 Å². The molecule has 7 heteroatoms. The smallest absolute Gasteiger partial charge is 0.332 e. The zero-order valence-corrected chi connectivity index (χ0v) is 12.2. The maximum atomic E-state index is 12.7. The molecule has 0 aromatic heterocycles. The molecule has 5 nitrogen and oxygen atoms in total. The summed E-state index contributed by atoms with van der Waals surface area (Å²) >= 11 is 6.03. The lowest BCUT2D eigenvalue weighted by Gasteiger charge is -2.22. The molecule has 0 bridgehead atoms. The highest BCUT2D eigenvalue weighted by Gasteiger charge is 2.47. The topological polar surface area (TPSA) is 74.7 Å². The van der Waals surface area contributed by atoms with Gasteiger partial charge in [-0.3, -0.25) is 0 Å². The predicted octanol–water partition coefficient (Wildman–Crippen LogP) is 2.67. The maximum absolute atomic E-state index is 12.7. The van der Waals surface area contributed by atoms with Crippen LogP contribution in [0.1, 0.15) is 11.6 Å².